The minimum absolute atomic E-state index is 0.106. The topological polar surface area (TPSA) is 58.1 Å². The highest BCUT2D eigenvalue weighted by Gasteiger charge is 2.25. The lowest BCUT2D eigenvalue weighted by molar-refractivity contribution is 0.0704. The van der Waals surface area contributed by atoms with Crippen LogP contribution in [-0.2, 0) is 6.42 Å². The number of piperidine rings is 1. The first kappa shape index (κ1) is 14.9. The predicted octanol–water partition coefficient (Wildman–Crippen LogP) is 1.56. The lowest BCUT2D eigenvalue weighted by Gasteiger charge is -2.32. The van der Waals surface area contributed by atoms with Crippen LogP contribution >= 0.6 is 0 Å². The summed E-state index contributed by atoms with van der Waals surface area (Å²) in [6.07, 6.45) is 2.79. The Morgan fingerprint density at radius 2 is 2.05 bits per heavy atom. The Labute approximate surface area is 120 Å². The van der Waals surface area contributed by atoms with Crippen LogP contribution < -0.4 is 5.32 Å². The van der Waals surface area contributed by atoms with E-state index in [0.717, 1.165) is 55.8 Å². The second-order valence-electron chi connectivity index (χ2n) is 5.32. The van der Waals surface area contributed by atoms with Crippen molar-refractivity contribution in [3.05, 3.63) is 23.0 Å². The molecule has 110 valence electrons. The van der Waals surface area contributed by atoms with Gasteiger partial charge in [-0.2, -0.15) is 10.2 Å². The van der Waals surface area contributed by atoms with Crippen LogP contribution in [0, 0.1) is 6.92 Å². The smallest absolute Gasteiger partial charge is 0.255 e. The number of carbonyl (C=O) groups excluding carboxylic acids is 1. The van der Waals surface area contributed by atoms with Gasteiger partial charge in [0.1, 0.15) is 0 Å². The van der Waals surface area contributed by atoms with Crippen LogP contribution in [0.15, 0.2) is 6.07 Å². The number of hydrogen-bond acceptors (Lipinski definition) is 4. The van der Waals surface area contributed by atoms with Gasteiger partial charge in [-0.15, -0.1) is 0 Å². The van der Waals surface area contributed by atoms with Crippen molar-refractivity contribution in [3.8, 4) is 0 Å². The molecule has 0 unspecified atom stereocenters. The number of amides is 1. The third-order valence-electron chi connectivity index (χ3n) is 3.83. The summed E-state index contributed by atoms with van der Waals surface area (Å²) in [5.41, 5.74) is 2.32. The van der Waals surface area contributed by atoms with Crippen LogP contribution in [0.2, 0.25) is 0 Å². The quantitative estimate of drug-likeness (QED) is 0.906. The summed E-state index contributed by atoms with van der Waals surface area (Å²) in [5.74, 6) is 0.106. The maximum Gasteiger partial charge on any atom is 0.255 e. The minimum atomic E-state index is 0.106. The van der Waals surface area contributed by atoms with Crippen molar-refractivity contribution in [2.24, 2.45) is 0 Å². The fourth-order valence-corrected chi connectivity index (χ4v) is 2.71. The molecule has 20 heavy (non-hydrogen) atoms. The fourth-order valence-electron chi connectivity index (χ4n) is 2.71. The highest BCUT2D eigenvalue weighted by atomic mass is 16.2. The van der Waals surface area contributed by atoms with E-state index in [1.54, 1.807) is 0 Å². The summed E-state index contributed by atoms with van der Waals surface area (Å²) in [6, 6.07) is 2.41. The zero-order valence-electron chi connectivity index (χ0n) is 12.6. The summed E-state index contributed by atoms with van der Waals surface area (Å²) in [6.45, 7) is 8.64. The number of rotatable bonds is 4. The molecule has 0 aliphatic carbocycles. The molecule has 1 aromatic heterocycles. The summed E-state index contributed by atoms with van der Waals surface area (Å²) in [4.78, 5) is 14.6. The summed E-state index contributed by atoms with van der Waals surface area (Å²) in [5, 5.41) is 11.6. The van der Waals surface area contributed by atoms with E-state index >= 15 is 0 Å². The monoisotopic (exact) mass is 276 g/mol. The van der Waals surface area contributed by atoms with Crippen LogP contribution in [-0.4, -0.2) is 46.7 Å². The van der Waals surface area contributed by atoms with E-state index in [-0.39, 0.29) is 5.91 Å². The van der Waals surface area contributed by atoms with Gasteiger partial charge in [-0.3, -0.25) is 4.79 Å². The molecule has 1 N–H and O–H groups in total. The molecule has 0 aromatic carbocycles. The Kier molecular flexibility index (Phi) is 5.06. The van der Waals surface area contributed by atoms with Crippen LogP contribution in [0.3, 0.4) is 0 Å². The molecule has 1 aliphatic heterocycles. The summed E-state index contributed by atoms with van der Waals surface area (Å²) in [7, 11) is 0. The molecule has 5 nitrogen and oxygen atoms in total. The first-order valence-electron chi connectivity index (χ1n) is 7.51. The Morgan fingerprint density at radius 1 is 1.35 bits per heavy atom. The van der Waals surface area contributed by atoms with Crippen molar-refractivity contribution in [3.63, 3.8) is 0 Å². The van der Waals surface area contributed by atoms with Crippen molar-refractivity contribution in [2.45, 2.75) is 46.1 Å². The molecule has 0 spiro atoms. The molecule has 0 atom stereocenters. The van der Waals surface area contributed by atoms with Gasteiger partial charge in [0, 0.05) is 19.1 Å². The molecule has 1 fully saturated rings. The number of carbonyl (C=O) groups is 1. The Hall–Kier alpha value is -1.49. The zero-order valence-corrected chi connectivity index (χ0v) is 12.6. The normalized spacial score (nSPS) is 16.4. The van der Waals surface area contributed by atoms with E-state index in [1.165, 1.54) is 0 Å². The third-order valence-corrected chi connectivity index (χ3v) is 3.83. The van der Waals surface area contributed by atoms with E-state index in [0.29, 0.717) is 6.04 Å². The molecular formula is C15H24N4O. The number of nitrogens with zero attached hydrogens (tertiary/aromatic N) is 3. The van der Waals surface area contributed by atoms with Crippen molar-refractivity contribution < 1.29 is 4.79 Å². The molecular weight excluding hydrogens is 252 g/mol. The highest BCUT2D eigenvalue weighted by Crippen LogP contribution is 2.16. The first-order valence-corrected chi connectivity index (χ1v) is 7.51. The van der Waals surface area contributed by atoms with E-state index in [2.05, 4.69) is 22.4 Å². The van der Waals surface area contributed by atoms with Gasteiger partial charge in [-0.05, 0) is 38.8 Å². The molecule has 0 radical (unpaired) electrons. The molecule has 1 saturated heterocycles. The molecule has 0 bridgehead atoms. The van der Waals surface area contributed by atoms with Crippen LogP contribution in [0.4, 0.5) is 0 Å². The molecule has 1 aliphatic rings. The first-order chi connectivity index (χ1) is 9.65. The molecule has 5 heteroatoms. The average molecular weight is 276 g/mol. The minimum Gasteiger partial charge on any atom is -0.338 e. The van der Waals surface area contributed by atoms with Gasteiger partial charge < -0.3 is 10.2 Å². The molecule has 1 aromatic rings. The van der Waals surface area contributed by atoms with Gasteiger partial charge in [-0.25, -0.2) is 0 Å². The third kappa shape index (κ3) is 3.33. The second kappa shape index (κ2) is 6.79. The van der Waals surface area contributed by atoms with Crippen molar-refractivity contribution in [1.82, 2.24) is 20.4 Å². The van der Waals surface area contributed by atoms with E-state index in [9.17, 15) is 4.79 Å². The number of nitrogens with one attached hydrogen (secondary N) is 1. The van der Waals surface area contributed by atoms with E-state index in [1.807, 2.05) is 24.8 Å². The van der Waals surface area contributed by atoms with Crippen LogP contribution in [0.1, 0.15) is 48.4 Å². The Morgan fingerprint density at radius 3 is 2.65 bits per heavy atom. The van der Waals surface area contributed by atoms with E-state index in [4.69, 9.17) is 0 Å². The van der Waals surface area contributed by atoms with Crippen LogP contribution in [0.25, 0.3) is 0 Å². The predicted molar refractivity (Wildman–Crippen MR) is 78.7 cm³/mol. The molecule has 1 amide bonds. The van der Waals surface area contributed by atoms with Gasteiger partial charge in [0.2, 0.25) is 0 Å². The number of aromatic nitrogens is 2. The zero-order chi connectivity index (χ0) is 14.5. The number of hydrogen-bond donors (Lipinski definition) is 1. The van der Waals surface area contributed by atoms with Crippen LogP contribution in [0.5, 0.6) is 0 Å². The summed E-state index contributed by atoms with van der Waals surface area (Å²) >= 11 is 0. The van der Waals surface area contributed by atoms with Gasteiger partial charge in [0.05, 0.1) is 17.0 Å². The maximum atomic E-state index is 12.6. The largest absolute Gasteiger partial charge is 0.338 e. The van der Waals surface area contributed by atoms with Gasteiger partial charge in [0.15, 0.2) is 0 Å². The molecule has 0 saturated carbocycles. The molecule has 2 heterocycles. The highest BCUT2D eigenvalue weighted by molar-refractivity contribution is 5.95. The Balaban J connectivity index is 2.07. The SMILES string of the molecule is CCNC1CCN(C(=O)c2cc(C)nnc2CC)CC1. The van der Waals surface area contributed by atoms with Crippen molar-refractivity contribution in [1.29, 1.82) is 0 Å². The van der Waals surface area contributed by atoms with Gasteiger partial charge >= 0.3 is 0 Å². The lowest BCUT2D eigenvalue weighted by atomic mass is 10.0. The molecule has 2 rings (SSSR count). The summed E-state index contributed by atoms with van der Waals surface area (Å²) < 4.78 is 0. The standard InChI is InChI=1S/C15H24N4O/c1-4-14-13(10-11(3)17-18-14)15(20)19-8-6-12(7-9-19)16-5-2/h10,12,16H,4-9H2,1-3H3. The van der Waals surface area contributed by atoms with Gasteiger partial charge in [-0.1, -0.05) is 13.8 Å². The lowest BCUT2D eigenvalue weighted by Crippen LogP contribution is -2.45. The number of likely N-dealkylation sites (tertiary alicyclic amines) is 1. The number of aryl methyl sites for hydroxylation is 2. The van der Waals surface area contributed by atoms with Crippen molar-refractivity contribution >= 4 is 5.91 Å². The maximum absolute atomic E-state index is 12.6. The van der Waals surface area contributed by atoms with E-state index < -0.39 is 0 Å². The fraction of sp³-hybridized carbons (Fsp3) is 0.667. The Bertz CT molecular complexity index is 467. The second-order valence-corrected chi connectivity index (χ2v) is 5.32. The van der Waals surface area contributed by atoms with Gasteiger partial charge in [0.25, 0.3) is 5.91 Å². The average Bonchev–Trinajstić information content (AvgIpc) is 2.47. The van der Waals surface area contributed by atoms with Crippen molar-refractivity contribution in [2.75, 3.05) is 19.6 Å².